The van der Waals surface area contributed by atoms with Gasteiger partial charge in [-0.3, -0.25) is 9.69 Å². The van der Waals surface area contributed by atoms with Gasteiger partial charge in [0, 0.05) is 68.3 Å². The fraction of sp³-hybridized carbons (Fsp3) is 0.579. The number of carboxylic acid groups (broad SMARTS) is 1. The van der Waals surface area contributed by atoms with E-state index >= 15 is 4.39 Å². The molecule has 51 heavy (non-hydrogen) atoms. The Kier molecular flexibility index (Phi) is 8.95. The van der Waals surface area contributed by atoms with Gasteiger partial charge in [-0.2, -0.15) is 0 Å². The topological polar surface area (TPSA) is 112 Å². The van der Waals surface area contributed by atoms with Gasteiger partial charge in [0.25, 0.3) is 0 Å². The highest BCUT2D eigenvalue weighted by atomic mass is 19.1. The number of carboxylic acids is 1. The first kappa shape index (κ1) is 34.6. The number of ether oxygens (including phenoxy) is 3. The lowest BCUT2D eigenvalue weighted by atomic mass is 9.58. The summed E-state index contributed by atoms with van der Waals surface area (Å²) in [7, 11) is 0. The molecule has 6 fully saturated rings. The SMILES string of the molecule is C[C@H]1[C@@H](OCCCN2CCN(c3cc4c(cc3F)c(=O)c(C(=O)O)cn4-c3ccc(F)cc3)CC2)O[C@@H]2O[C@]3(C)CCC4[C@H](C)CC[C@@H]1C42OO3. The number of fused-ring (bicyclic) bond motifs is 3. The predicted molar refractivity (Wildman–Crippen MR) is 182 cm³/mol. The third-order valence-corrected chi connectivity index (χ3v) is 12.1. The first-order valence-electron chi connectivity index (χ1n) is 18.1. The largest absolute Gasteiger partial charge is 0.477 e. The lowest BCUT2D eigenvalue weighted by Crippen LogP contribution is -2.70. The highest BCUT2D eigenvalue weighted by Gasteiger charge is 2.69. The van der Waals surface area contributed by atoms with E-state index in [0.29, 0.717) is 61.5 Å². The van der Waals surface area contributed by atoms with Crippen LogP contribution in [-0.4, -0.2) is 83.8 Å². The molecule has 9 rings (SSSR count). The summed E-state index contributed by atoms with van der Waals surface area (Å²) in [5, 5.41) is 9.60. The zero-order valence-electron chi connectivity index (χ0n) is 29.2. The van der Waals surface area contributed by atoms with Crippen molar-refractivity contribution in [1.82, 2.24) is 9.47 Å². The maximum Gasteiger partial charge on any atom is 0.341 e. The quantitative estimate of drug-likeness (QED) is 0.231. The summed E-state index contributed by atoms with van der Waals surface area (Å²) in [5.41, 5.74) is -0.775. The van der Waals surface area contributed by atoms with Crippen LogP contribution in [0.2, 0.25) is 0 Å². The summed E-state index contributed by atoms with van der Waals surface area (Å²) < 4.78 is 50.2. The minimum absolute atomic E-state index is 0.0587. The maximum atomic E-state index is 15.6. The highest BCUT2D eigenvalue weighted by molar-refractivity contribution is 5.94. The number of hydrogen-bond donors (Lipinski definition) is 1. The number of aromatic nitrogens is 1. The van der Waals surface area contributed by atoms with Gasteiger partial charge in [-0.15, -0.1) is 0 Å². The Morgan fingerprint density at radius 3 is 2.53 bits per heavy atom. The van der Waals surface area contributed by atoms with Gasteiger partial charge in [-0.1, -0.05) is 13.8 Å². The molecule has 2 unspecified atom stereocenters. The van der Waals surface area contributed by atoms with Gasteiger partial charge in [0.05, 0.1) is 17.8 Å². The second kappa shape index (κ2) is 13.2. The summed E-state index contributed by atoms with van der Waals surface area (Å²) >= 11 is 0. The van der Waals surface area contributed by atoms with Gasteiger partial charge in [-0.25, -0.2) is 23.4 Å². The third-order valence-electron chi connectivity index (χ3n) is 12.1. The molecule has 1 saturated carbocycles. The second-order valence-electron chi connectivity index (χ2n) is 15.2. The van der Waals surface area contributed by atoms with Crippen molar-refractivity contribution in [1.29, 1.82) is 0 Å². The van der Waals surface area contributed by atoms with Gasteiger partial charge in [0.1, 0.15) is 17.2 Å². The van der Waals surface area contributed by atoms with Crippen LogP contribution in [0.25, 0.3) is 16.6 Å². The monoisotopic (exact) mass is 709 g/mol. The Balaban J connectivity index is 0.905. The number of piperazine rings is 1. The summed E-state index contributed by atoms with van der Waals surface area (Å²) in [6.45, 7) is 10.3. The van der Waals surface area contributed by atoms with E-state index in [9.17, 15) is 19.1 Å². The zero-order valence-corrected chi connectivity index (χ0v) is 29.2. The molecule has 2 aromatic carbocycles. The van der Waals surface area contributed by atoms with E-state index in [4.69, 9.17) is 24.0 Å². The number of carbonyl (C=O) groups is 1. The molecule has 5 aliphatic heterocycles. The molecule has 1 aliphatic carbocycles. The normalized spacial score (nSPS) is 33.6. The number of anilines is 1. The van der Waals surface area contributed by atoms with E-state index in [0.717, 1.165) is 44.7 Å². The molecule has 6 aliphatic rings. The molecule has 1 spiro atoms. The minimum atomic E-state index is -1.42. The number of benzene rings is 2. The fourth-order valence-corrected chi connectivity index (χ4v) is 9.31. The maximum absolute atomic E-state index is 15.6. The molecule has 5 saturated heterocycles. The van der Waals surface area contributed by atoms with Crippen molar-refractivity contribution in [3.05, 3.63) is 70.0 Å². The van der Waals surface area contributed by atoms with Crippen molar-refractivity contribution in [2.75, 3.05) is 44.2 Å². The Bertz CT molecular complexity index is 1870. The fourth-order valence-electron chi connectivity index (χ4n) is 9.31. The van der Waals surface area contributed by atoms with Crippen LogP contribution >= 0.6 is 0 Å². The average Bonchev–Trinajstić information content (AvgIpc) is 3.35. The van der Waals surface area contributed by atoms with E-state index in [-0.39, 0.29) is 17.2 Å². The van der Waals surface area contributed by atoms with Crippen LogP contribution in [0.1, 0.15) is 63.2 Å². The third kappa shape index (κ3) is 5.95. The van der Waals surface area contributed by atoms with Gasteiger partial charge >= 0.3 is 5.97 Å². The van der Waals surface area contributed by atoms with Gasteiger partial charge in [-0.05, 0) is 80.8 Å². The number of pyridine rings is 1. The van der Waals surface area contributed by atoms with Crippen LogP contribution in [0.5, 0.6) is 0 Å². The minimum Gasteiger partial charge on any atom is -0.477 e. The molecule has 6 heterocycles. The molecule has 274 valence electrons. The molecule has 11 nitrogen and oxygen atoms in total. The van der Waals surface area contributed by atoms with E-state index in [1.807, 2.05) is 11.8 Å². The number of halogens is 2. The summed E-state index contributed by atoms with van der Waals surface area (Å²) in [6, 6.07) is 8.15. The van der Waals surface area contributed by atoms with E-state index in [2.05, 4.69) is 18.7 Å². The van der Waals surface area contributed by atoms with Crippen LogP contribution in [-0.2, 0) is 24.0 Å². The molecule has 0 radical (unpaired) electrons. The standard InChI is InChI=1S/C38H45F2N3O8/c1-22-5-10-29-23(2)35(48-36-38(29)28(22)11-12-37(3,49-36)50-51-38)47-18-4-13-41-14-16-42(17-15-41)32-20-31-26(19-30(32)40)33(44)27(34(45)46)21-43(31)25-8-6-24(39)7-9-25/h6-9,19-23,28-29,35-36H,4-5,10-18H2,1-3H3,(H,45,46)/t22-,23-,28?,29+,35+,36-,37+,38?/m1/s1. The molecule has 2 bridgehead atoms. The summed E-state index contributed by atoms with van der Waals surface area (Å²) in [6.07, 6.45) is 4.96. The van der Waals surface area contributed by atoms with Gasteiger partial charge in [0.15, 0.2) is 18.2 Å². The molecular weight excluding hydrogens is 664 g/mol. The molecule has 1 aromatic heterocycles. The lowest BCUT2D eigenvalue weighted by Gasteiger charge is -2.60. The van der Waals surface area contributed by atoms with Crippen molar-refractivity contribution in [2.45, 2.75) is 76.8 Å². The van der Waals surface area contributed by atoms with Crippen LogP contribution in [0.15, 0.2) is 47.4 Å². The molecular formula is C38H45F2N3O8. The first-order valence-corrected chi connectivity index (χ1v) is 18.1. The molecule has 0 amide bonds. The number of nitrogens with zero attached hydrogens (tertiary/aromatic N) is 3. The van der Waals surface area contributed by atoms with Crippen molar-refractivity contribution in [3.63, 3.8) is 0 Å². The van der Waals surface area contributed by atoms with Crippen LogP contribution in [0, 0.1) is 35.3 Å². The summed E-state index contributed by atoms with van der Waals surface area (Å²) in [5.74, 6) is -2.18. The van der Waals surface area contributed by atoms with Crippen molar-refractivity contribution in [2.24, 2.45) is 23.7 Å². The highest BCUT2D eigenvalue weighted by Crippen LogP contribution is 2.60. The van der Waals surface area contributed by atoms with Crippen LogP contribution in [0.4, 0.5) is 14.5 Å². The van der Waals surface area contributed by atoms with Crippen LogP contribution in [0.3, 0.4) is 0 Å². The zero-order chi connectivity index (χ0) is 35.7. The van der Waals surface area contributed by atoms with Crippen molar-refractivity contribution in [3.8, 4) is 5.69 Å². The Hall–Kier alpha value is -3.46. The number of aromatic carboxylic acids is 1. The Labute approximate surface area is 294 Å². The molecule has 8 atom stereocenters. The molecule has 1 N–H and O–H groups in total. The predicted octanol–water partition coefficient (Wildman–Crippen LogP) is 5.70. The van der Waals surface area contributed by atoms with Gasteiger partial charge in [0.2, 0.25) is 11.2 Å². The number of hydrogen-bond acceptors (Lipinski definition) is 9. The van der Waals surface area contributed by atoms with E-state index < -0.39 is 52.6 Å². The van der Waals surface area contributed by atoms with E-state index in [1.54, 1.807) is 6.07 Å². The Morgan fingerprint density at radius 2 is 1.78 bits per heavy atom. The lowest BCUT2D eigenvalue weighted by molar-refractivity contribution is -0.577. The van der Waals surface area contributed by atoms with Crippen LogP contribution < -0.4 is 10.3 Å². The first-order chi connectivity index (χ1) is 24.5. The second-order valence-corrected chi connectivity index (χ2v) is 15.2. The summed E-state index contributed by atoms with van der Waals surface area (Å²) in [4.78, 5) is 41.3. The average molecular weight is 710 g/mol. The van der Waals surface area contributed by atoms with E-state index in [1.165, 1.54) is 35.0 Å². The smallest absolute Gasteiger partial charge is 0.341 e. The molecule has 13 heteroatoms. The number of rotatable bonds is 8. The Morgan fingerprint density at radius 1 is 1.02 bits per heavy atom. The van der Waals surface area contributed by atoms with Gasteiger partial charge < -0.3 is 28.8 Å². The molecule has 3 aromatic rings. The van der Waals surface area contributed by atoms with Crippen molar-refractivity contribution >= 4 is 22.6 Å². The van der Waals surface area contributed by atoms with Crippen molar-refractivity contribution < 1.29 is 42.7 Å².